The highest BCUT2D eigenvalue weighted by Crippen LogP contribution is 2.53. The number of allylic oxidation sites excluding steroid dienone is 2. The van der Waals surface area contributed by atoms with Gasteiger partial charge in [-0.2, -0.15) is 0 Å². The van der Waals surface area contributed by atoms with Crippen LogP contribution in [0.1, 0.15) is 44.6 Å². The Labute approximate surface area is 171 Å². The monoisotopic (exact) mass is 450 g/mol. The number of benzene rings is 1. The van der Waals surface area contributed by atoms with Gasteiger partial charge in [0.25, 0.3) is 5.69 Å². The summed E-state index contributed by atoms with van der Waals surface area (Å²) in [4.78, 5) is 35.5. The van der Waals surface area contributed by atoms with Crippen LogP contribution >= 0.6 is 15.9 Å². The number of Topliss-reactive ketones (excluding diaryl/α,β-unsaturated/α-hetero) is 1. The van der Waals surface area contributed by atoms with Crippen molar-refractivity contribution in [2.75, 3.05) is 6.61 Å². The van der Waals surface area contributed by atoms with Crippen LogP contribution in [-0.2, 0) is 20.7 Å². The van der Waals surface area contributed by atoms with Gasteiger partial charge in [0.1, 0.15) is 6.04 Å². The number of carbonyl (C=O) groups excluding carboxylic acids is 2. The van der Waals surface area contributed by atoms with E-state index in [2.05, 4.69) is 21.2 Å². The van der Waals surface area contributed by atoms with Crippen LogP contribution in [0.2, 0.25) is 0 Å². The zero-order chi connectivity index (χ0) is 20.3. The molecule has 1 saturated carbocycles. The first-order valence-corrected chi connectivity index (χ1v) is 10.3. The second-order valence-corrected chi connectivity index (χ2v) is 8.03. The number of nitrogens with one attached hydrogen (secondary N) is 1. The van der Waals surface area contributed by atoms with E-state index in [1.54, 1.807) is 19.1 Å². The van der Waals surface area contributed by atoms with Crippen molar-refractivity contribution in [1.29, 1.82) is 0 Å². The van der Waals surface area contributed by atoms with Gasteiger partial charge in [0.2, 0.25) is 0 Å². The van der Waals surface area contributed by atoms with Crippen molar-refractivity contribution < 1.29 is 19.2 Å². The van der Waals surface area contributed by atoms with Crippen molar-refractivity contribution in [3.8, 4) is 0 Å². The maximum Gasteiger partial charge on any atom is 0.328 e. The molecule has 0 saturated heterocycles. The van der Waals surface area contributed by atoms with Gasteiger partial charge in [-0.1, -0.05) is 31.4 Å². The first-order chi connectivity index (χ1) is 13.4. The highest BCUT2D eigenvalue weighted by Gasteiger charge is 2.53. The second-order valence-electron chi connectivity index (χ2n) is 7.24. The average Bonchev–Trinajstić information content (AvgIpc) is 2.71. The van der Waals surface area contributed by atoms with E-state index < -0.39 is 22.3 Å². The van der Waals surface area contributed by atoms with Gasteiger partial charge in [-0.25, -0.2) is 4.79 Å². The summed E-state index contributed by atoms with van der Waals surface area (Å²) in [5, 5.41) is 14.1. The first-order valence-electron chi connectivity index (χ1n) is 9.50. The van der Waals surface area contributed by atoms with E-state index in [4.69, 9.17) is 4.74 Å². The number of hydrogen-bond acceptors (Lipinski definition) is 6. The molecule has 0 radical (unpaired) electrons. The number of halogens is 1. The fourth-order valence-electron chi connectivity index (χ4n) is 4.02. The molecule has 8 heteroatoms. The Kier molecular flexibility index (Phi) is 6.17. The van der Waals surface area contributed by atoms with Crippen LogP contribution in [0, 0.1) is 15.5 Å². The number of nitro groups is 1. The number of hydrogen-bond donors (Lipinski definition) is 1. The van der Waals surface area contributed by atoms with E-state index in [0.29, 0.717) is 10.9 Å². The third kappa shape index (κ3) is 3.83. The molecule has 0 heterocycles. The van der Waals surface area contributed by atoms with E-state index in [1.807, 2.05) is 0 Å². The molecule has 150 valence electrons. The van der Waals surface area contributed by atoms with E-state index in [0.717, 1.165) is 43.4 Å². The number of nitro benzene ring substituents is 1. The Hall–Kier alpha value is -2.22. The third-order valence-electron chi connectivity index (χ3n) is 5.52. The summed E-state index contributed by atoms with van der Waals surface area (Å²) in [6.45, 7) is 1.99. The molecule has 0 aliphatic heterocycles. The third-order valence-corrected chi connectivity index (χ3v) is 6.27. The second kappa shape index (κ2) is 8.43. The molecule has 2 aliphatic rings. The van der Waals surface area contributed by atoms with E-state index >= 15 is 0 Å². The van der Waals surface area contributed by atoms with Gasteiger partial charge in [-0.05, 0) is 41.3 Å². The summed E-state index contributed by atoms with van der Waals surface area (Å²) in [5.41, 5.74) is 1.05. The standard InChI is InChI=1S/C20H23BrN2O5/c1-2-28-19(25)15(12-13-6-8-14(9-7-13)23(26)27)22-17-16(21)18(24)20(17)10-4-3-5-11-20/h6-9,15,22H,2-5,10-12H2,1H3/t15-/m0/s1. The lowest BCUT2D eigenvalue weighted by Gasteiger charge is -2.46. The molecule has 0 unspecified atom stereocenters. The topological polar surface area (TPSA) is 98.5 Å². The predicted molar refractivity (Wildman–Crippen MR) is 107 cm³/mol. The smallest absolute Gasteiger partial charge is 0.328 e. The van der Waals surface area contributed by atoms with Gasteiger partial charge in [-0.3, -0.25) is 14.9 Å². The number of carbonyl (C=O) groups is 2. The van der Waals surface area contributed by atoms with E-state index in [-0.39, 0.29) is 18.1 Å². The summed E-state index contributed by atoms with van der Waals surface area (Å²) >= 11 is 3.37. The van der Waals surface area contributed by atoms with Crippen molar-refractivity contribution in [2.24, 2.45) is 5.41 Å². The Morgan fingerprint density at radius 2 is 1.93 bits per heavy atom. The van der Waals surface area contributed by atoms with Crippen LogP contribution in [0.3, 0.4) is 0 Å². The summed E-state index contributed by atoms with van der Waals surface area (Å²) in [6.07, 6.45) is 4.98. The fraction of sp³-hybridized carbons (Fsp3) is 0.500. The molecule has 1 N–H and O–H groups in total. The molecular formula is C20H23BrN2O5. The number of esters is 1. The van der Waals surface area contributed by atoms with Gasteiger partial charge in [0, 0.05) is 24.3 Å². The fourth-order valence-corrected chi connectivity index (χ4v) is 4.89. The zero-order valence-corrected chi connectivity index (χ0v) is 17.3. The molecular weight excluding hydrogens is 428 g/mol. The quantitative estimate of drug-likeness (QED) is 0.385. The maximum atomic E-state index is 12.6. The van der Waals surface area contributed by atoms with Crippen molar-refractivity contribution in [1.82, 2.24) is 5.32 Å². The van der Waals surface area contributed by atoms with Crippen molar-refractivity contribution in [3.63, 3.8) is 0 Å². The van der Waals surface area contributed by atoms with Gasteiger partial charge >= 0.3 is 5.97 Å². The van der Waals surface area contributed by atoms with Crippen LogP contribution in [0.5, 0.6) is 0 Å². The molecule has 1 atom stereocenters. The van der Waals surface area contributed by atoms with Crippen LogP contribution in [0.15, 0.2) is 34.4 Å². The number of ketones is 1. The molecule has 1 aromatic rings. The molecule has 0 aromatic heterocycles. The van der Waals surface area contributed by atoms with Gasteiger partial charge in [-0.15, -0.1) is 0 Å². The Balaban J connectivity index is 1.81. The van der Waals surface area contributed by atoms with Crippen molar-refractivity contribution in [3.05, 3.63) is 50.1 Å². The Morgan fingerprint density at radius 1 is 1.29 bits per heavy atom. The molecule has 2 aliphatic carbocycles. The van der Waals surface area contributed by atoms with Crippen LogP contribution in [0.4, 0.5) is 5.69 Å². The number of non-ortho nitro benzene ring substituents is 1. The van der Waals surface area contributed by atoms with Gasteiger partial charge in [0.05, 0.1) is 21.4 Å². The van der Waals surface area contributed by atoms with Gasteiger partial charge in [0.15, 0.2) is 5.78 Å². The summed E-state index contributed by atoms with van der Waals surface area (Å²) < 4.78 is 5.72. The van der Waals surface area contributed by atoms with Crippen LogP contribution in [0.25, 0.3) is 0 Å². The Bertz CT molecular complexity index is 812. The minimum atomic E-state index is -0.671. The van der Waals surface area contributed by atoms with Gasteiger partial charge < -0.3 is 10.1 Å². The normalized spacial score (nSPS) is 19.1. The molecule has 28 heavy (non-hydrogen) atoms. The maximum absolute atomic E-state index is 12.6. The largest absolute Gasteiger partial charge is 0.464 e. The molecule has 0 bridgehead atoms. The highest BCUT2D eigenvalue weighted by atomic mass is 79.9. The Morgan fingerprint density at radius 3 is 2.50 bits per heavy atom. The van der Waals surface area contributed by atoms with E-state index in [9.17, 15) is 19.7 Å². The lowest BCUT2D eigenvalue weighted by atomic mass is 9.62. The lowest BCUT2D eigenvalue weighted by molar-refractivity contribution is -0.384. The van der Waals surface area contributed by atoms with Crippen molar-refractivity contribution in [2.45, 2.75) is 51.5 Å². The lowest BCUT2D eigenvalue weighted by Crippen LogP contribution is -2.53. The predicted octanol–water partition coefficient (Wildman–Crippen LogP) is 3.80. The molecule has 7 nitrogen and oxygen atoms in total. The molecule has 0 amide bonds. The number of rotatable bonds is 7. The molecule has 1 fully saturated rings. The minimum Gasteiger partial charge on any atom is -0.464 e. The van der Waals surface area contributed by atoms with Crippen molar-refractivity contribution >= 4 is 33.4 Å². The zero-order valence-electron chi connectivity index (χ0n) is 15.7. The summed E-state index contributed by atoms with van der Waals surface area (Å²) in [5.74, 6) is -0.299. The summed E-state index contributed by atoms with van der Waals surface area (Å²) in [7, 11) is 0. The molecule has 1 aromatic carbocycles. The number of ether oxygens (including phenoxy) is 1. The summed E-state index contributed by atoms with van der Waals surface area (Å²) in [6, 6.07) is 5.44. The molecule has 3 rings (SSSR count). The average molecular weight is 451 g/mol. The first kappa shape index (κ1) is 20.5. The van der Waals surface area contributed by atoms with Crippen LogP contribution < -0.4 is 5.32 Å². The highest BCUT2D eigenvalue weighted by molar-refractivity contribution is 9.12. The number of nitrogens with zero attached hydrogens (tertiary/aromatic N) is 1. The SMILES string of the molecule is CCOC(=O)[C@H](Cc1ccc([N+](=O)[O-])cc1)NC1=C(Br)C(=O)C12CCCCC2. The minimum absolute atomic E-state index is 0.000551. The van der Waals surface area contributed by atoms with Crippen LogP contribution in [-0.4, -0.2) is 29.3 Å². The van der Waals surface area contributed by atoms with E-state index in [1.165, 1.54) is 12.1 Å². The molecule has 1 spiro atoms.